The first-order chi connectivity index (χ1) is 11.9. The van der Waals surface area contributed by atoms with E-state index in [0.717, 1.165) is 4.68 Å². The highest BCUT2D eigenvalue weighted by Crippen LogP contribution is 2.33. The highest BCUT2D eigenvalue weighted by atomic mass is 19.3. The Hall–Kier alpha value is -2.10. The van der Waals surface area contributed by atoms with Crippen molar-refractivity contribution in [3.8, 4) is 0 Å². The molecule has 2 fully saturated rings. The fourth-order valence-electron chi connectivity index (χ4n) is 3.00. The summed E-state index contributed by atoms with van der Waals surface area (Å²) >= 11 is 0. The molecule has 1 amide bonds. The number of aromatic nitrogens is 3. The lowest BCUT2D eigenvalue weighted by Gasteiger charge is -2.33. The number of likely N-dealkylation sites (tertiary alicyclic amines) is 1. The SMILES string of the molecule is CCOC(=O)c1nnn(C2CCN(C(=O)C3(C)CO3)CC2)c1C(F)F. The van der Waals surface area contributed by atoms with Gasteiger partial charge in [-0.3, -0.25) is 4.79 Å². The summed E-state index contributed by atoms with van der Waals surface area (Å²) in [4.78, 5) is 25.7. The van der Waals surface area contributed by atoms with E-state index in [2.05, 4.69) is 10.3 Å². The first kappa shape index (κ1) is 17.7. The number of hydrogen-bond donors (Lipinski definition) is 0. The van der Waals surface area contributed by atoms with Gasteiger partial charge in [-0.15, -0.1) is 5.10 Å². The van der Waals surface area contributed by atoms with Gasteiger partial charge in [0, 0.05) is 13.1 Å². The highest BCUT2D eigenvalue weighted by molar-refractivity contribution is 5.88. The van der Waals surface area contributed by atoms with E-state index in [1.54, 1.807) is 18.7 Å². The van der Waals surface area contributed by atoms with Crippen LogP contribution in [0.3, 0.4) is 0 Å². The van der Waals surface area contributed by atoms with Gasteiger partial charge in [-0.1, -0.05) is 5.21 Å². The maximum absolute atomic E-state index is 13.5. The molecule has 0 spiro atoms. The Morgan fingerprint density at radius 2 is 2.04 bits per heavy atom. The van der Waals surface area contributed by atoms with Crippen molar-refractivity contribution >= 4 is 11.9 Å². The van der Waals surface area contributed by atoms with Crippen LogP contribution >= 0.6 is 0 Å². The third-order valence-corrected chi connectivity index (χ3v) is 4.53. The van der Waals surface area contributed by atoms with Gasteiger partial charge in [0.05, 0.1) is 19.3 Å². The van der Waals surface area contributed by atoms with Crippen molar-refractivity contribution in [1.82, 2.24) is 19.9 Å². The van der Waals surface area contributed by atoms with Crippen molar-refractivity contribution in [3.63, 3.8) is 0 Å². The minimum atomic E-state index is -2.90. The number of ether oxygens (including phenoxy) is 2. The van der Waals surface area contributed by atoms with E-state index in [9.17, 15) is 18.4 Å². The van der Waals surface area contributed by atoms with Gasteiger partial charge in [0.25, 0.3) is 12.3 Å². The predicted octanol–water partition coefficient (Wildman–Crippen LogP) is 1.34. The lowest BCUT2D eigenvalue weighted by Crippen LogP contribution is -2.45. The lowest BCUT2D eigenvalue weighted by atomic mass is 10.0. The molecule has 1 aromatic heterocycles. The van der Waals surface area contributed by atoms with Crippen LogP contribution in [0.25, 0.3) is 0 Å². The van der Waals surface area contributed by atoms with Crippen LogP contribution in [-0.2, 0) is 14.3 Å². The molecule has 2 saturated heterocycles. The normalized spacial score (nSPS) is 23.8. The van der Waals surface area contributed by atoms with Crippen LogP contribution in [-0.4, -0.2) is 63.7 Å². The smallest absolute Gasteiger partial charge is 0.361 e. The number of esters is 1. The second-order valence-corrected chi connectivity index (χ2v) is 6.33. The van der Waals surface area contributed by atoms with Crippen LogP contribution in [0.4, 0.5) is 8.78 Å². The molecule has 2 aliphatic rings. The summed E-state index contributed by atoms with van der Waals surface area (Å²) in [6.45, 7) is 4.63. The topological polar surface area (TPSA) is 89.8 Å². The number of carbonyl (C=O) groups excluding carboxylic acids is 2. The third kappa shape index (κ3) is 3.35. The standard InChI is InChI=1S/C15H20F2N4O4/c1-3-24-13(22)10-11(12(16)17)21(19-18-10)9-4-6-20(7-5-9)14(23)15(2)8-25-15/h9,12H,3-8H2,1-2H3. The summed E-state index contributed by atoms with van der Waals surface area (Å²) in [6.07, 6.45) is -1.99. The van der Waals surface area contributed by atoms with E-state index in [-0.39, 0.29) is 18.6 Å². The molecular formula is C15H20F2N4O4. The maximum Gasteiger partial charge on any atom is 0.361 e. The highest BCUT2D eigenvalue weighted by Gasteiger charge is 2.50. The predicted molar refractivity (Wildman–Crippen MR) is 80.1 cm³/mol. The molecule has 8 nitrogen and oxygen atoms in total. The van der Waals surface area contributed by atoms with E-state index in [0.29, 0.717) is 32.5 Å². The zero-order chi connectivity index (χ0) is 18.2. The van der Waals surface area contributed by atoms with Crippen molar-refractivity contribution in [2.75, 3.05) is 26.3 Å². The van der Waals surface area contributed by atoms with Crippen LogP contribution in [0, 0.1) is 0 Å². The molecule has 0 aromatic carbocycles. The zero-order valence-corrected chi connectivity index (χ0v) is 14.1. The van der Waals surface area contributed by atoms with Gasteiger partial charge in [-0.05, 0) is 26.7 Å². The molecule has 3 heterocycles. The average Bonchev–Trinajstić information content (AvgIpc) is 3.19. The number of carbonyl (C=O) groups is 2. The number of alkyl halides is 2. The molecule has 0 saturated carbocycles. The first-order valence-electron chi connectivity index (χ1n) is 8.21. The Bertz CT molecular complexity index is 666. The van der Waals surface area contributed by atoms with Crippen LogP contribution in [0.1, 0.15) is 55.3 Å². The number of nitrogens with zero attached hydrogens (tertiary/aromatic N) is 4. The number of halogens is 2. The summed E-state index contributed by atoms with van der Waals surface area (Å²) in [5.74, 6) is -0.985. The third-order valence-electron chi connectivity index (χ3n) is 4.53. The summed E-state index contributed by atoms with van der Waals surface area (Å²) in [7, 11) is 0. The van der Waals surface area contributed by atoms with Crippen LogP contribution in [0.5, 0.6) is 0 Å². The second-order valence-electron chi connectivity index (χ2n) is 6.33. The Balaban J connectivity index is 1.72. The summed E-state index contributed by atoms with van der Waals surface area (Å²) in [5.41, 5.74) is -1.71. The van der Waals surface area contributed by atoms with Crippen molar-refractivity contribution < 1.29 is 27.8 Å². The minimum Gasteiger partial charge on any atom is -0.461 e. The number of piperidine rings is 1. The van der Waals surface area contributed by atoms with E-state index in [1.165, 1.54) is 0 Å². The summed E-state index contributed by atoms with van der Waals surface area (Å²) in [6, 6.07) is -0.350. The fraction of sp³-hybridized carbons (Fsp3) is 0.733. The van der Waals surface area contributed by atoms with Gasteiger partial charge >= 0.3 is 5.97 Å². The van der Waals surface area contributed by atoms with Crippen molar-refractivity contribution in [1.29, 1.82) is 0 Å². The average molecular weight is 358 g/mol. The van der Waals surface area contributed by atoms with Gasteiger partial charge in [-0.2, -0.15) is 0 Å². The maximum atomic E-state index is 13.5. The number of epoxide rings is 1. The molecular weight excluding hydrogens is 338 g/mol. The van der Waals surface area contributed by atoms with E-state index in [4.69, 9.17) is 9.47 Å². The largest absolute Gasteiger partial charge is 0.461 e. The van der Waals surface area contributed by atoms with Crippen molar-refractivity contribution in [2.24, 2.45) is 0 Å². The number of rotatable bonds is 5. The molecule has 2 aliphatic heterocycles. The molecule has 25 heavy (non-hydrogen) atoms. The molecule has 0 radical (unpaired) electrons. The van der Waals surface area contributed by atoms with Gasteiger partial charge in [0.2, 0.25) is 0 Å². The fourth-order valence-corrected chi connectivity index (χ4v) is 3.00. The lowest BCUT2D eigenvalue weighted by molar-refractivity contribution is -0.137. The van der Waals surface area contributed by atoms with Gasteiger partial charge in [0.15, 0.2) is 11.3 Å². The number of hydrogen-bond acceptors (Lipinski definition) is 6. The summed E-state index contributed by atoms with van der Waals surface area (Å²) in [5, 5.41) is 7.35. The molecule has 3 rings (SSSR count). The van der Waals surface area contributed by atoms with Crippen LogP contribution < -0.4 is 0 Å². The molecule has 10 heteroatoms. The van der Waals surface area contributed by atoms with Gasteiger partial charge in [-0.25, -0.2) is 18.3 Å². The van der Waals surface area contributed by atoms with Crippen LogP contribution in [0.2, 0.25) is 0 Å². The second kappa shape index (κ2) is 6.66. The Morgan fingerprint density at radius 3 is 2.56 bits per heavy atom. The molecule has 138 valence electrons. The number of amides is 1. The molecule has 1 aromatic rings. The van der Waals surface area contributed by atoms with Crippen molar-refractivity contribution in [3.05, 3.63) is 11.4 Å². The quantitative estimate of drug-likeness (QED) is 0.583. The Morgan fingerprint density at radius 1 is 1.40 bits per heavy atom. The molecule has 0 aliphatic carbocycles. The van der Waals surface area contributed by atoms with Crippen molar-refractivity contribution in [2.45, 2.75) is 44.8 Å². The van der Waals surface area contributed by atoms with Crippen LogP contribution in [0.15, 0.2) is 0 Å². The first-order valence-corrected chi connectivity index (χ1v) is 8.21. The monoisotopic (exact) mass is 358 g/mol. The minimum absolute atomic E-state index is 0.0652. The zero-order valence-electron chi connectivity index (χ0n) is 14.1. The van der Waals surface area contributed by atoms with E-state index >= 15 is 0 Å². The summed E-state index contributed by atoms with van der Waals surface area (Å²) < 4.78 is 37.9. The van der Waals surface area contributed by atoms with Gasteiger partial charge < -0.3 is 14.4 Å². The molecule has 1 atom stereocenters. The Kier molecular flexibility index (Phi) is 4.72. The molecule has 0 bridgehead atoms. The molecule has 0 N–H and O–H groups in total. The van der Waals surface area contributed by atoms with E-state index in [1.807, 2.05) is 0 Å². The Labute approximate surface area is 143 Å². The van der Waals surface area contributed by atoms with E-state index < -0.39 is 29.4 Å². The van der Waals surface area contributed by atoms with Gasteiger partial charge in [0.1, 0.15) is 5.69 Å². The molecule has 1 unspecified atom stereocenters.